The van der Waals surface area contributed by atoms with E-state index < -0.39 is 23.7 Å². The van der Waals surface area contributed by atoms with E-state index in [0.29, 0.717) is 0 Å². The molecule has 0 amide bonds. The molecule has 0 aliphatic heterocycles. The van der Waals surface area contributed by atoms with Crippen LogP contribution in [0.1, 0.15) is 80.1 Å². The van der Waals surface area contributed by atoms with Crippen LogP contribution in [0.15, 0.2) is 0 Å². The topological polar surface area (TPSA) is 80.3 Å². The number of hydrogen-bond acceptors (Lipinski definition) is 4. The van der Waals surface area contributed by atoms with E-state index in [1.165, 1.54) is 38.5 Å². The van der Waals surface area contributed by atoms with Gasteiger partial charge in [0.2, 0.25) is 0 Å². The number of rotatable bonds is 4. The summed E-state index contributed by atoms with van der Waals surface area (Å²) in [6, 6.07) is 0. The summed E-state index contributed by atoms with van der Waals surface area (Å²) in [5.41, 5.74) is 0. The van der Waals surface area contributed by atoms with Crippen LogP contribution in [0, 0.1) is 48.3 Å². The van der Waals surface area contributed by atoms with Crippen molar-refractivity contribution in [1.29, 1.82) is 0 Å². The van der Waals surface area contributed by atoms with Crippen molar-refractivity contribution in [2.75, 3.05) is 11.8 Å². The Hall–Kier alpha value is 0.319. The summed E-state index contributed by atoms with van der Waals surface area (Å²) in [5.74, 6) is 2.18. The molecule has 0 saturated heterocycles. The van der Waals surface area contributed by atoms with Gasteiger partial charge in [-0.2, -0.15) is 0 Å². The molecule has 2 saturated carbocycles. The minimum absolute atomic E-state index is 0. The maximum Gasteiger partial charge on any atom is 2.00 e. The fraction of sp³-hybridized carbons (Fsp3) is 0.833. The Morgan fingerprint density at radius 1 is 0.774 bits per heavy atom. The van der Waals surface area contributed by atoms with Crippen LogP contribution in [0.4, 0.5) is 0 Å². The molecule has 0 N–H and O–H groups in total. The molecule has 180 valence electrons. The fourth-order valence-electron chi connectivity index (χ4n) is 3.45. The maximum atomic E-state index is 9.12. The van der Waals surface area contributed by atoms with Crippen LogP contribution in [0.3, 0.4) is 0 Å². The van der Waals surface area contributed by atoms with Crippen molar-refractivity contribution >= 4 is 59.0 Å². The molecule has 4 radical (unpaired) electrons. The third-order valence-corrected chi connectivity index (χ3v) is 6.04. The second-order valence-electron chi connectivity index (χ2n) is 9.13. The Labute approximate surface area is 218 Å². The first-order valence-electron chi connectivity index (χ1n) is 11.1. The third kappa shape index (κ3) is 23.3. The Balaban J connectivity index is -0.000000353. The molecule has 2 fully saturated rings. The molecule has 4 nitrogen and oxygen atoms in total. The maximum absolute atomic E-state index is 9.12. The van der Waals surface area contributed by atoms with Gasteiger partial charge < -0.3 is 19.8 Å². The molecule has 2 rings (SSSR count). The number of carbonyl (C=O) groups excluding carboxylic acids is 2. The molecule has 31 heavy (non-hydrogen) atoms. The molecule has 2 aliphatic carbocycles. The average molecular weight is 584 g/mol. The van der Waals surface area contributed by atoms with Gasteiger partial charge in [-0.05, 0) is 74.0 Å². The monoisotopic (exact) mass is 584 g/mol. The van der Waals surface area contributed by atoms with Crippen molar-refractivity contribution in [1.82, 2.24) is 0 Å². The summed E-state index contributed by atoms with van der Waals surface area (Å²) < 4.78 is 0. The van der Waals surface area contributed by atoms with Crippen molar-refractivity contribution < 1.29 is 19.8 Å². The predicted octanol–water partition coefficient (Wildman–Crippen LogP) is 4.14. The molecule has 4 atom stereocenters. The zero-order valence-corrected chi connectivity index (χ0v) is 24.5. The van der Waals surface area contributed by atoms with Crippen molar-refractivity contribution in [2.24, 2.45) is 35.5 Å². The third-order valence-electron chi connectivity index (χ3n) is 5.60. The number of carboxylic acids is 2. The minimum Gasteiger partial charge on any atom is -0.549 e. The van der Waals surface area contributed by atoms with Gasteiger partial charge >= 0.3 is 23.9 Å². The van der Waals surface area contributed by atoms with E-state index in [1.807, 2.05) is 0 Å². The van der Waals surface area contributed by atoms with Crippen LogP contribution in [0.2, 0.25) is 0 Å². The van der Waals surface area contributed by atoms with E-state index in [9.17, 15) is 0 Å². The molecular formula is C24H42Cl2O4Sn. The Morgan fingerprint density at radius 3 is 1.16 bits per heavy atom. The van der Waals surface area contributed by atoms with Gasteiger partial charge in [-0.25, -0.2) is 0 Å². The van der Waals surface area contributed by atoms with Crippen molar-refractivity contribution in [3.05, 3.63) is 12.8 Å². The van der Waals surface area contributed by atoms with Crippen molar-refractivity contribution in [3.63, 3.8) is 0 Å². The first-order chi connectivity index (χ1) is 13.9. The number of halogens is 2. The standard InChI is InChI=1S/2C10H19.2C2H3ClO2.Sn/c2*1-8(2)10-6-4-9(3)5-7-10;2*3-1-2(4)5;/h2*6,8-10H,4-5,7H2,1-3H3;2*1H2,(H,4,5);/q;;;;+2/p-2/t2*9-,10-;;;/m11.../s1. The molecule has 0 aromatic carbocycles. The first kappa shape index (κ1) is 35.9. The van der Waals surface area contributed by atoms with Crippen LogP contribution >= 0.6 is 23.2 Å². The van der Waals surface area contributed by atoms with Gasteiger partial charge in [0.25, 0.3) is 0 Å². The number of carbonyl (C=O) groups is 2. The fourth-order valence-corrected chi connectivity index (χ4v) is 3.45. The van der Waals surface area contributed by atoms with Gasteiger partial charge in [0.1, 0.15) is 0 Å². The summed E-state index contributed by atoms with van der Waals surface area (Å²) in [4.78, 5) is 18.2. The summed E-state index contributed by atoms with van der Waals surface area (Å²) in [6.07, 6.45) is 13.5. The zero-order valence-electron chi connectivity index (χ0n) is 20.2. The predicted molar refractivity (Wildman–Crippen MR) is 128 cm³/mol. The number of alkyl halides is 2. The van der Waals surface area contributed by atoms with Crippen LogP contribution in [0.5, 0.6) is 0 Å². The average Bonchev–Trinajstić information content (AvgIpc) is 2.70. The van der Waals surface area contributed by atoms with E-state index in [0.717, 1.165) is 35.5 Å². The SMILES string of the molecule is CC(C)[C@@H]1[CH]C[C@@H](C)CC1.CC(C)[C@@H]1[CH]C[C@@H](C)CC1.O=C([O-])CCl.O=C([O-])CCl.[Sn+2]. The van der Waals surface area contributed by atoms with Gasteiger partial charge in [-0.1, -0.05) is 54.4 Å². The number of carboxylic acid groups (broad SMARTS) is 2. The molecule has 7 heteroatoms. The molecule has 0 aromatic heterocycles. The van der Waals surface area contributed by atoms with E-state index in [-0.39, 0.29) is 23.9 Å². The van der Waals surface area contributed by atoms with E-state index in [2.05, 4.69) is 77.6 Å². The van der Waals surface area contributed by atoms with Crippen molar-refractivity contribution in [2.45, 2.75) is 80.1 Å². The van der Waals surface area contributed by atoms with Gasteiger partial charge in [0.15, 0.2) is 0 Å². The molecule has 0 unspecified atom stereocenters. The molecule has 0 heterocycles. The summed E-state index contributed by atoms with van der Waals surface area (Å²) in [7, 11) is 0. The first-order valence-corrected chi connectivity index (χ1v) is 12.2. The molecule has 2 aliphatic rings. The van der Waals surface area contributed by atoms with Crippen molar-refractivity contribution in [3.8, 4) is 0 Å². The number of aliphatic carboxylic acids is 2. The number of hydrogen-bond donors (Lipinski definition) is 0. The van der Waals surface area contributed by atoms with Crippen LogP contribution in [0.25, 0.3) is 0 Å². The smallest absolute Gasteiger partial charge is 0.549 e. The Morgan fingerprint density at radius 2 is 1.03 bits per heavy atom. The van der Waals surface area contributed by atoms with Gasteiger partial charge in [-0.3, -0.25) is 0 Å². The van der Waals surface area contributed by atoms with Gasteiger partial charge in [-0.15, -0.1) is 23.2 Å². The summed E-state index contributed by atoms with van der Waals surface area (Å²) >= 11 is 9.35. The van der Waals surface area contributed by atoms with E-state index >= 15 is 0 Å². The summed E-state index contributed by atoms with van der Waals surface area (Å²) in [6.45, 7) is 14.0. The molecule has 0 bridgehead atoms. The molecule has 0 aromatic rings. The summed E-state index contributed by atoms with van der Waals surface area (Å²) in [5, 5.41) is 18.2. The molecule has 0 spiro atoms. The zero-order chi connectivity index (χ0) is 23.7. The quantitative estimate of drug-likeness (QED) is 0.368. The normalized spacial score (nSPS) is 24.8. The van der Waals surface area contributed by atoms with Gasteiger partial charge in [0.05, 0.1) is 23.7 Å². The van der Waals surface area contributed by atoms with E-state index in [1.54, 1.807) is 0 Å². The minimum atomic E-state index is -1.23. The largest absolute Gasteiger partial charge is 2.00 e. The van der Waals surface area contributed by atoms with Crippen LogP contribution in [-0.2, 0) is 9.59 Å². The van der Waals surface area contributed by atoms with Crippen LogP contribution < -0.4 is 10.2 Å². The van der Waals surface area contributed by atoms with E-state index in [4.69, 9.17) is 19.8 Å². The molecular weight excluding hydrogens is 542 g/mol. The van der Waals surface area contributed by atoms with Gasteiger partial charge in [0, 0.05) is 0 Å². The van der Waals surface area contributed by atoms with Crippen LogP contribution in [-0.4, -0.2) is 47.6 Å². The Kier molecular flexibility index (Phi) is 25.6. The Bertz CT molecular complexity index is 391. The second kappa shape index (κ2) is 22.1. The second-order valence-corrected chi connectivity index (χ2v) is 9.67.